The number of rotatable bonds is 7. The third kappa shape index (κ3) is 5.89. The molecule has 0 saturated heterocycles. The van der Waals surface area contributed by atoms with E-state index in [9.17, 15) is 14.4 Å². The normalized spacial score (nSPS) is 18.0. The molecule has 0 aliphatic heterocycles. The Morgan fingerprint density at radius 1 is 1.24 bits per heavy atom. The summed E-state index contributed by atoms with van der Waals surface area (Å²) in [5.41, 5.74) is 0.878. The second kappa shape index (κ2) is 9.20. The van der Waals surface area contributed by atoms with Crippen molar-refractivity contribution in [3.8, 4) is 0 Å². The molecule has 2 N–H and O–H groups in total. The van der Waals surface area contributed by atoms with Gasteiger partial charge >= 0.3 is 6.09 Å². The molecule has 1 aliphatic rings. The van der Waals surface area contributed by atoms with Crippen LogP contribution in [0.25, 0.3) is 0 Å². The number of alkyl carbamates (subject to hydrolysis) is 1. The van der Waals surface area contributed by atoms with Crippen molar-refractivity contribution < 1.29 is 19.1 Å². The summed E-state index contributed by atoms with van der Waals surface area (Å²) >= 11 is 0. The lowest BCUT2D eigenvalue weighted by Crippen LogP contribution is -2.50. The molecule has 136 valence electrons. The number of Topliss-reactive ketones (excluding diaryl/α,β-unsaturated/α-hetero) is 1. The molecule has 1 aliphatic carbocycles. The number of nitrogens with one attached hydrogen (secondary N) is 2. The summed E-state index contributed by atoms with van der Waals surface area (Å²) in [6.07, 6.45) is 1.67. The molecular weight excluding hydrogens is 320 g/mol. The minimum Gasteiger partial charge on any atom is -0.445 e. The van der Waals surface area contributed by atoms with Crippen molar-refractivity contribution in [2.24, 2.45) is 11.8 Å². The number of amides is 2. The second-order valence-corrected chi connectivity index (χ2v) is 6.73. The fourth-order valence-electron chi connectivity index (χ4n) is 2.86. The monoisotopic (exact) mass is 346 g/mol. The molecule has 6 nitrogen and oxygen atoms in total. The molecule has 0 radical (unpaired) electrons. The van der Waals surface area contributed by atoms with Gasteiger partial charge in [0.25, 0.3) is 0 Å². The molecule has 1 aromatic carbocycles. The first-order chi connectivity index (χ1) is 12.0. The summed E-state index contributed by atoms with van der Waals surface area (Å²) in [6.45, 7) is 4.18. The second-order valence-electron chi connectivity index (χ2n) is 6.73. The van der Waals surface area contributed by atoms with Gasteiger partial charge in [-0.05, 0) is 24.3 Å². The summed E-state index contributed by atoms with van der Waals surface area (Å²) < 4.78 is 5.17. The lowest BCUT2D eigenvalue weighted by atomic mass is 10.0. The maximum atomic E-state index is 12.4. The summed E-state index contributed by atoms with van der Waals surface area (Å²) in [5.74, 6) is -0.270. The van der Waals surface area contributed by atoms with Crippen LogP contribution in [0, 0.1) is 11.8 Å². The Kier molecular flexibility index (Phi) is 6.98. The Balaban J connectivity index is 1.81. The number of ether oxygens (including phenoxy) is 1. The molecule has 0 aromatic heterocycles. The van der Waals surface area contributed by atoms with Gasteiger partial charge < -0.3 is 15.4 Å². The Morgan fingerprint density at radius 2 is 1.96 bits per heavy atom. The molecule has 1 aromatic rings. The van der Waals surface area contributed by atoms with Gasteiger partial charge in [-0.15, -0.1) is 0 Å². The van der Waals surface area contributed by atoms with Gasteiger partial charge in [-0.3, -0.25) is 9.59 Å². The molecule has 6 heteroatoms. The van der Waals surface area contributed by atoms with E-state index in [4.69, 9.17) is 4.74 Å². The number of hydrogen-bond donors (Lipinski definition) is 2. The Labute approximate surface area is 148 Å². The predicted molar refractivity (Wildman–Crippen MR) is 93.7 cm³/mol. The van der Waals surface area contributed by atoms with Crippen LogP contribution in [0.3, 0.4) is 0 Å². The maximum Gasteiger partial charge on any atom is 0.408 e. The van der Waals surface area contributed by atoms with Crippen molar-refractivity contribution in [2.45, 2.75) is 45.8 Å². The molecule has 2 atom stereocenters. The molecule has 0 unspecified atom stereocenters. The minimum absolute atomic E-state index is 0.0939. The zero-order valence-electron chi connectivity index (χ0n) is 14.8. The van der Waals surface area contributed by atoms with Crippen molar-refractivity contribution in [2.75, 3.05) is 6.54 Å². The van der Waals surface area contributed by atoms with Gasteiger partial charge in [0.15, 0.2) is 0 Å². The lowest BCUT2D eigenvalue weighted by Gasteiger charge is -2.22. The van der Waals surface area contributed by atoms with E-state index in [1.165, 1.54) is 0 Å². The van der Waals surface area contributed by atoms with Gasteiger partial charge in [-0.2, -0.15) is 0 Å². The highest BCUT2D eigenvalue weighted by molar-refractivity contribution is 5.87. The van der Waals surface area contributed by atoms with Crippen molar-refractivity contribution >= 4 is 17.8 Å². The molecule has 1 saturated carbocycles. The SMILES string of the molecule is CC(C)[C@H](NC(=O)OCc1ccccc1)C(=O)NC[C@@H]1CCCC1=O. The predicted octanol–water partition coefficient (Wildman–Crippen LogP) is 2.42. The van der Waals surface area contributed by atoms with Gasteiger partial charge in [0.2, 0.25) is 5.91 Å². The van der Waals surface area contributed by atoms with Crippen LogP contribution in [-0.4, -0.2) is 30.4 Å². The lowest BCUT2D eigenvalue weighted by molar-refractivity contribution is -0.125. The van der Waals surface area contributed by atoms with Crippen LogP contribution in [0.15, 0.2) is 30.3 Å². The highest BCUT2D eigenvalue weighted by atomic mass is 16.5. The average Bonchev–Trinajstić information content (AvgIpc) is 3.01. The molecule has 0 heterocycles. The molecule has 25 heavy (non-hydrogen) atoms. The molecule has 2 amide bonds. The zero-order valence-corrected chi connectivity index (χ0v) is 14.8. The smallest absolute Gasteiger partial charge is 0.408 e. The van der Waals surface area contributed by atoms with Crippen molar-refractivity contribution in [1.29, 1.82) is 0 Å². The third-order valence-corrected chi connectivity index (χ3v) is 4.39. The molecule has 0 spiro atoms. The third-order valence-electron chi connectivity index (χ3n) is 4.39. The first-order valence-corrected chi connectivity index (χ1v) is 8.75. The standard InChI is InChI=1S/C19H26N2O4/c1-13(2)17(18(23)20-11-15-9-6-10-16(15)22)21-19(24)25-12-14-7-4-3-5-8-14/h3-5,7-8,13,15,17H,6,9-12H2,1-2H3,(H,20,23)(H,21,24)/t15-,17-/m0/s1. The van der Waals surface area contributed by atoms with Gasteiger partial charge in [0.1, 0.15) is 18.4 Å². The van der Waals surface area contributed by atoms with Gasteiger partial charge in [0.05, 0.1) is 0 Å². The summed E-state index contributed by atoms with van der Waals surface area (Å²) in [4.78, 5) is 36.0. The van der Waals surface area contributed by atoms with Gasteiger partial charge in [-0.25, -0.2) is 4.79 Å². The van der Waals surface area contributed by atoms with Crippen LogP contribution in [0.2, 0.25) is 0 Å². The number of ketones is 1. The first kappa shape index (κ1) is 19.0. The topological polar surface area (TPSA) is 84.5 Å². The van der Waals surface area contributed by atoms with Crippen molar-refractivity contribution in [3.05, 3.63) is 35.9 Å². The van der Waals surface area contributed by atoms with E-state index in [1.807, 2.05) is 44.2 Å². The summed E-state index contributed by atoms with van der Waals surface area (Å²) in [5, 5.41) is 5.40. The molecule has 1 fully saturated rings. The van der Waals surface area contributed by atoms with E-state index >= 15 is 0 Å². The van der Waals surface area contributed by atoms with Crippen LogP contribution in [0.5, 0.6) is 0 Å². The van der Waals surface area contributed by atoms with Crippen LogP contribution in [-0.2, 0) is 20.9 Å². The molecule has 2 rings (SSSR count). The fourth-order valence-corrected chi connectivity index (χ4v) is 2.86. The Hall–Kier alpha value is -2.37. The van der Waals surface area contributed by atoms with Crippen molar-refractivity contribution in [1.82, 2.24) is 10.6 Å². The number of benzene rings is 1. The quantitative estimate of drug-likeness (QED) is 0.794. The van der Waals surface area contributed by atoms with E-state index in [-0.39, 0.29) is 30.1 Å². The summed E-state index contributed by atoms with van der Waals surface area (Å²) in [6, 6.07) is 8.64. The van der Waals surface area contributed by atoms with Gasteiger partial charge in [-0.1, -0.05) is 44.2 Å². The van der Waals surface area contributed by atoms with E-state index in [0.717, 1.165) is 18.4 Å². The van der Waals surface area contributed by atoms with E-state index in [2.05, 4.69) is 10.6 Å². The Morgan fingerprint density at radius 3 is 2.56 bits per heavy atom. The van der Waals surface area contributed by atoms with Crippen LogP contribution in [0.4, 0.5) is 4.79 Å². The van der Waals surface area contributed by atoms with E-state index in [1.54, 1.807) is 0 Å². The van der Waals surface area contributed by atoms with Gasteiger partial charge in [0, 0.05) is 18.9 Å². The zero-order chi connectivity index (χ0) is 18.2. The van der Waals surface area contributed by atoms with Crippen LogP contribution >= 0.6 is 0 Å². The highest BCUT2D eigenvalue weighted by Gasteiger charge is 2.28. The van der Waals surface area contributed by atoms with Crippen LogP contribution in [0.1, 0.15) is 38.7 Å². The first-order valence-electron chi connectivity index (χ1n) is 8.75. The average molecular weight is 346 g/mol. The van der Waals surface area contributed by atoms with Crippen molar-refractivity contribution in [3.63, 3.8) is 0 Å². The maximum absolute atomic E-state index is 12.4. The van der Waals surface area contributed by atoms with Crippen LogP contribution < -0.4 is 10.6 Å². The Bertz CT molecular complexity index is 601. The fraction of sp³-hybridized carbons (Fsp3) is 0.526. The number of carbonyl (C=O) groups is 3. The minimum atomic E-state index is -0.695. The number of hydrogen-bond acceptors (Lipinski definition) is 4. The highest BCUT2D eigenvalue weighted by Crippen LogP contribution is 2.20. The summed E-state index contributed by atoms with van der Waals surface area (Å²) in [7, 11) is 0. The molecular formula is C19H26N2O4. The molecule has 0 bridgehead atoms. The van der Waals surface area contributed by atoms with E-state index < -0.39 is 12.1 Å². The van der Waals surface area contributed by atoms with E-state index in [0.29, 0.717) is 13.0 Å². The largest absolute Gasteiger partial charge is 0.445 e. The number of carbonyl (C=O) groups excluding carboxylic acids is 3.